The van der Waals surface area contributed by atoms with Crippen molar-refractivity contribution in [3.05, 3.63) is 42.0 Å². The molecule has 1 aromatic heterocycles. The number of carbonyl (C=O) groups is 1. The molecule has 0 unspecified atom stereocenters. The molecule has 140 valence electrons. The van der Waals surface area contributed by atoms with E-state index in [0.717, 1.165) is 38.3 Å². The average molecular weight is 374 g/mol. The summed E-state index contributed by atoms with van der Waals surface area (Å²) >= 11 is 1.92. The lowest BCUT2D eigenvalue weighted by Gasteiger charge is -2.32. The van der Waals surface area contributed by atoms with Crippen molar-refractivity contribution in [1.29, 1.82) is 0 Å². The zero-order valence-corrected chi connectivity index (χ0v) is 16.5. The van der Waals surface area contributed by atoms with Gasteiger partial charge in [0.15, 0.2) is 0 Å². The lowest BCUT2D eigenvalue weighted by Crippen LogP contribution is -2.46. The Bertz CT molecular complexity index is 722. The molecule has 1 aliphatic heterocycles. The lowest BCUT2D eigenvalue weighted by molar-refractivity contribution is 0.184. The number of likely N-dealkylation sites (tertiary alicyclic amines) is 1. The van der Waals surface area contributed by atoms with Gasteiger partial charge in [0.05, 0.1) is 6.04 Å². The number of rotatable bonds is 5. The van der Waals surface area contributed by atoms with Gasteiger partial charge in [0.2, 0.25) is 0 Å². The van der Waals surface area contributed by atoms with Crippen LogP contribution in [0.4, 0.5) is 4.79 Å². The minimum atomic E-state index is -0.149. The first-order chi connectivity index (χ1) is 12.6. The molecule has 0 saturated carbocycles. The molecule has 2 heterocycles. The molecule has 6 nitrogen and oxygen atoms in total. The number of piperidine rings is 1. The highest BCUT2D eigenvalue weighted by Gasteiger charge is 2.25. The lowest BCUT2D eigenvalue weighted by atomic mass is 10.1. The molecule has 1 N–H and O–H groups in total. The van der Waals surface area contributed by atoms with Gasteiger partial charge in [-0.1, -0.05) is 17.7 Å². The number of hydrogen-bond acceptors (Lipinski definition) is 4. The minimum absolute atomic E-state index is 0.0121. The van der Waals surface area contributed by atoms with Crippen LogP contribution in [0.5, 0.6) is 0 Å². The van der Waals surface area contributed by atoms with Crippen LogP contribution in [0.25, 0.3) is 0 Å². The van der Waals surface area contributed by atoms with Gasteiger partial charge in [0.25, 0.3) is 0 Å². The van der Waals surface area contributed by atoms with Crippen LogP contribution in [-0.4, -0.2) is 44.0 Å². The third kappa shape index (κ3) is 4.58. The van der Waals surface area contributed by atoms with Crippen molar-refractivity contribution >= 4 is 17.8 Å². The molecule has 0 spiro atoms. The molecule has 26 heavy (non-hydrogen) atoms. The van der Waals surface area contributed by atoms with Gasteiger partial charge in [0, 0.05) is 29.8 Å². The van der Waals surface area contributed by atoms with Gasteiger partial charge in [-0.15, -0.1) is 11.8 Å². The van der Waals surface area contributed by atoms with E-state index < -0.39 is 0 Å². The van der Waals surface area contributed by atoms with Crippen LogP contribution in [0, 0.1) is 6.92 Å². The first kappa shape index (κ1) is 18.8. The Balaban J connectivity index is 1.48. The summed E-state index contributed by atoms with van der Waals surface area (Å²) in [6.45, 7) is 8.41. The maximum absolute atomic E-state index is 12.6. The van der Waals surface area contributed by atoms with Gasteiger partial charge in [0.1, 0.15) is 12.2 Å². The molecule has 1 atom stereocenters. The summed E-state index contributed by atoms with van der Waals surface area (Å²) < 4.78 is 1.81. The van der Waals surface area contributed by atoms with Crippen molar-refractivity contribution in [1.82, 2.24) is 25.0 Å². The van der Waals surface area contributed by atoms with Crippen LogP contribution in [-0.2, 0) is 6.54 Å². The molecular formula is C19H27N5OS. The van der Waals surface area contributed by atoms with Gasteiger partial charge in [-0.05, 0) is 45.7 Å². The second-order valence-electron chi connectivity index (χ2n) is 6.72. The Kier molecular flexibility index (Phi) is 6.19. The van der Waals surface area contributed by atoms with Crippen molar-refractivity contribution in [2.75, 3.05) is 13.1 Å². The van der Waals surface area contributed by atoms with Crippen LogP contribution in [0.1, 0.15) is 44.1 Å². The summed E-state index contributed by atoms with van der Waals surface area (Å²) in [7, 11) is 0. The molecular weight excluding hydrogens is 346 g/mol. The fraction of sp³-hybridized carbons (Fsp3) is 0.526. The van der Waals surface area contributed by atoms with E-state index in [1.165, 1.54) is 16.8 Å². The Morgan fingerprint density at radius 3 is 2.65 bits per heavy atom. The molecule has 0 aliphatic carbocycles. The van der Waals surface area contributed by atoms with E-state index in [0.29, 0.717) is 5.25 Å². The van der Waals surface area contributed by atoms with E-state index in [2.05, 4.69) is 46.6 Å². The Hall–Kier alpha value is -2.02. The molecule has 0 radical (unpaired) electrons. The number of aryl methyl sites for hydroxylation is 2. The summed E-state index contributed by atoms with van der Waals surface area (Å²) in [5, 5.41) is 7.79. The quantitative estimate of drug-likeness (QED) is 0.869. The molecule has 1 aliphatic rings. The predicted octanol–water partition coefficient (Wildman–Crippen LogP) is 3.63. The van der Waals surface area contributed by atoms with E-state index in [1.807, 2.05) is 35.2 Å². The second-order valence-corrected chi connectivity index (χ2v) is 8.10. The highest BCUT2D eigenvalue weighted by molar-refractivity contribution is 8.00. The smallest absolute Gasteiger partial charge is 0.317 e. The molecule has 2 amide bonds. The maximum atomic E-state index is 12.6. The number of nitrogens with zero attached hydrogens (tertiary/aromatic N) is 4. The number of benzene rings is 1. The van der Waals surface area contributed by atoms with Gasteiger partial charge in [-0.3, -0.25) is 0 Å². The van der Waals surface area contributed by atoms with Gasteiger partial charge in [-0.25, -0.2) is 14.5 Å². The van der Waals surface area contributed by atoms with E-state index in [4.69, 9.17) is 0 Å². The van der Waals surface area contributed by atoms with E-state index in [1.54, 1.807) is 0 Å². The van der Waals surface area contributed by atoms with Crippen molar-refractivity contribution in [3.8, 4) is 0 Å². The second kappa shape index (κ2) is 8.58. The highest BCUT2D eigenvalue weighted by atomic mass is 32.2. The monoisotopic (exact) mass is 373 g/mol. The van der Waals surface area contributed by atoms with Crippen LogP contribution in [0.15, 0.2) is 35.5 Å². The van der Waals surface area contributed by atoms with Gasteiger partial charge < -0.3 is 10.2 Å². The summed E-state index contributed by atoms with van der Waals surface area (Å²) in [5.41, 5.74) is 1.29. The first-order valence-corrected chi connectivity index (χ1v) is 10.1. The number of thioether (sulfide) groups is 1. The molecule has 1 aromatic carbocycles. The number of aromatic nitrogens is 3. The Morgan fingerprint density at radius 1 is 1.31 bits per heavy atom. The maximum Gasteiger partial charge on any atom is 0.317 e. The number of nitrogens with one attached hydrogen (secondary N) is 1. The third-order valence-electron chi connectivity index (χ3n) is 4.73. The standard InChI is InChI=1S/C19H27N5OS/c1-4-24-18(20-13-21-24)15(3)22-19(25)23-11-9-17(10-12-23)26-16-7-5-14(2)6-8-16/h5-8,13,15,17H,4,9-12H2,1-3H3,(H,22,25)/t15-/m1/s1. The average Bonchev–Trinajstić information content (AvgIpc) is 3.13. The van der Waals surface area contributed by atoms with Crippen LogP contribution >= 0.6 is 11.8 Å². The van der Waals surface area contributed by atoms with E-state index in [9.17, 15) is 4.79 Å². The molecule has 7 heteroatoms. The summed E-state index contributed by atoms with van der Waals surface area (Å²) in [5.74, 6) is 0.797. The number of urea groups is 1. The molecule has 2 aromatic rings. The highest BCUT2D eigenvalue weighted by Crippen LogP contribution is 2.30. The van der Waals surface area contributed by atoms with E-state index in [-0.39, 0.29) is 12.1 Å². The number of carbonyl (C=O) groups excluding carboxylic acids is 1. The SMILES string of the molecule is CCn1ncnc1[C@@H](C)NC(=O)N1CCC(Sc2ccc(C)cc2)CC1. The zero-order chi connectivity index (χ0) is 18.5. The first-order valence-electron chi connectivity index (χ1n) is 9.23. The number of amides is 2. The molecule has 1 fully saturated rings. The fourth-order valence-corrected chi connectivity index (χ4v) is 4.30. The molecule has 0 bridgehead atoms. The van der Waals surface area contributed by atoms with Crippen molar-refractivity contribution in [3.63, 3.8) is 0 Å². The van der Waals surface area contributed by atoms with Crippen molar-refractivity contribution in [2.24, 2.45) is 0 Å². The normalized spacial score (nSPS) is 16.5. The van der Waals surface area contributed by atoms with Crippen molar-refractivity contribution in [2.45, 2.75) is 56.3 Å². The predicted molar refractivity (Wildman–Crippen MR) is 104 cm³/mol. The van der Waals surface area contributed by atoms with Gasteiger partial charge >= 0.3 is 6.03 Å². The zero-order valence-electron chi connectivity index (χ0n) is 15.7. The Labute approximate surface area is 159 Å². The van der Waals surface area contributed by atoms with E-state index >= 15 is 0 Å². The van der Waals surface area contributed by atoms with Crippen LogP contribution in [0.3, 0.4) is 0 Å². The minimum Gasteiger partial charge on any atom is -0.328 e. The third-order valence-corrected chi connectivity index (χ3v) is 6.07. The van der Waals surface area contributed by atoms with Crippen molar-refractivity contribution < 1.29 is 4.79 Å². The molecule has 3 rings (SSSR count). The fourth-order valence-electron chi connectivity index (χ4n) is 3.18. The summed E-state index contributed by atoms with van der Waals surface area (Å²) in [6.07, 6.45) is 3.58. The summed E-state index contributed by atoms with van der Waals surface area (Å²) in [4.78, 5) is 20.0. The van der Waals surface area contributed by atoms with Crippen LogP contribution < -0.4 is 5.32 Å². The number of hydrogen-bond donors (Lipinski definition) is 1. The molecule has 1 saturated heterocycles. The summed E-state index contributed by atoms with van der Waals surface area (Å²) in [6, 6.07) is 8.52. The van der Waals surface area contributed by atoms with Gasteiger partial charge in [-0.2, -0.15) is 5.10 Å². The topological polar surface area (TPSA) is 63.1 Å². The van der Waals surface area contributed by atoms with Crippen LogP contribution in [0.2, 0.25) is 0 Å². The largest absolute Gasteiger partial charge is 0.328 e. The Morgan fingerprint density at radius 2 is 2.00 bits per heavy atom.